The molecule has 0 aliphatic rings. The van der Waals surface area contributed by atoms with E-state index in [1.807, 2.05) is 0 Å². The highest BCUT2D eigenvalue weighted by atomic mass is 16.5. The molecule has 3 rings (SSSR count). The van der Waals surface area contributed by atoms with Crippen LogP contribution in [0.3, 0.4) is 0 Å². The average molecular weight is 281 g/mol. The Hall–Kier alpha value is -3.08. The topological polar surface area (TPSA) is 65.0 Å². The van der Waals surface area contributed by atoms with E-state index in [0.29, 0.717) is 41.3 Å². The van der Waals surface area contributed by atoms with Gasteiger partial charge in [0.2, 0.25) is 0 Å². The lowest BCUT2D eigenvalue weighted by Crippen LogP contribution is -1.95. The third-order valence-corrected chi connectivity index (χ3v) is 2.72. The molecule has 5 heteroatoms. The molecule has 0 N–H and O–H groups in total. The normalized spacial score (nSPS) is 11.4. The van der Waals surface area contributed by atoms with Crippen molar-refractivity contribution in [2.24, 2.45) is 0 Å². The van der Waals surface area contributed by atoms with Gasteiger partial charge in [0, 0.05) is 24.5 Å². The Kier molecular flexibility index (Phi) is 3.01. The zero-order chi connectivity index (χ0) is 16.2. The second kappa shape index (κ2) is 5.92. The first kappa shape index (κ1) is 10.7. The van der Waals surface area contributed by atoms with E-state index < -0.39 is 0 Å². The van der Waals surface area contributed by atoms with Crippen molar-refractivity contribution in [1.29, 1.82) is 0 Å². The molecule has 3 aromatic rings. The van der Waals surface area contributed by atoms with Crippen LogP contribution in [0.4, 0.5) is 0 Å². The van der Waals surface area contributed by atoms with Crippen molar-refractivity contribution in [3.63, 3.8) is 0 Å². The van der Waals surface area contributed by atoms with E-state index in [4.69, 9.17) is 7.48 Å². The molecule has 0 aromatic carbocycles. The summed E-state index contributed by atoms with van der Waals surface area (Å²) in [5, 5.41) is 0. The zero-order valence-corrected chi connectivity index (χ0v) is 10.9. The molecule has 0 unspecified atom stereocenters. The molecule has 0 saturated heterocycles. The van der Waals surface area contributed by atoms with Crippen LogP contribution in [0.15, 0.2) is 60.9 Å². The molecule has 0 bridgehead atoms. The van der Waals surface area contributed by atoms with E-state index in [9.17, 15) is 4.79 Å². The highest BCUT2D eigenvalue weighted by molar-refractivity contribution is 5.65. The van der Waals surface area contributed by atoms with Crippen molar-refractivity contribution in [3.05, 3.63) is 60.9 Å². The van der Waals surface area contributed by atoms with E-state index in [-0.39, 0.29) is 5.75 Å². The number of nitrogens with zero attached hydrogens (tertiary/aromatic N) is 3. The highest BCUT2D eigenvalue weighted by Crippen LogP contribution is 2.26. The standard InChI is InChI=1S/C16H11N3O2/c20-11-21-12-9-15(13-5-1-3-7-17-13)19-16(10-12)14-6-2-4-8-18-14/h1-11H/i1T,2T. The lowest BCUT2D eigenvalue weighted by Gasteiger charge is -2.07. The number of carbonyl (C=O) groups excluding carboxylic acids is 1. The maximum atomic E-state index is 10.6. The van der Waals surface area contributed by atoms with Gasteiger partial charge in [0.15, 0.2) is 0 Å². The van der Waals surface area contributed by atoms with E-state index in [2.05, 4.69) is 15.0 Å². The molecule has 0 fully saturated rings. The highest BCUT2D eigenvalue weighted by Gasteiger charge is 2.09. The van der Waals surface area contributed by atoms with Gasteiger partial charge in [-0.1, -0.05) is 12.1 Å². The van der Waals surface area contributed by atoms with Gasteiger partial charge in [-0.2, -0.15) is 0 Å². The van der Waals surface area contributed by atoms with Crippen molar-refractivity contribution in [3.8, 4) is 28.5 Å². The Bertz CT molecular complexity index is 808. The summed E-state index contributed by atoms with van der Waals surface area (Å²) in [5.41, 5.74) is 1.87. The van der Waals surface area contributed by atoms with Crippen LogP contribution in [0, 0.1) is 0 Å². The Morgan fingerprint density at radius 2 is 1.52 bits per heavy atom. The van der Waals surface area contributed by atoms with Crippen molar-refractivity contribution in [1.82, 2.24) is 15.0 Å². The van der Waals surface area contributed by atoms with Crippen LogP contribution in [-0.2, 0) is 4.79 Å². The van der Waals surface area contributed by atoms with E-state index in [1.165, 1.54) is 12.4 Å². The molecule has 5 nitrogen and oxygen atoms in total. The van der Waals surface area contributed by atoms with Gasteiger partial charge in [0.1, 0.15) is 5.75 Å². The number of hydrogen-bond acceptors (Lipinski definition) is 5. The number of hydrogen-bond donors (Lipinski definition) is 0. The summed E-state index contributed by atoms with van der Waals surface area (Å²) in [6.07, 6.45) is 3.02. The monoisotopic (exact) mass is 281 g/mol. The Balaban J connectivity index is 2.15. The third kappa shape index (κ3) is 2.92. The van der Waals surface area contributed by atoms with Crippen LogP contribution in [0.2, 0.25) is 0 Å². The maximum Gasteiger partial charge on any atom is 0.298 e. The lowest BCUT2D eigenvalue weighted by atomic mass is 10.2. The first-order chi connectivity index (χ1) is 11.2. The number of pyridine rings is 3. The number of carbonyl (C=O) groups is 1. The van der Waals surface area contributed by atoms with Crippen LogP contribution >= 0.6 is 0 Å². The minimum absolute atomic E-state index is 0.286. The Morgan fingerprint density at radius 1 is 0.952 bits per heavy atom. The predicted octanol–water partition coefficient (Wildman–Crippen LogP) is 2.74. The molecule has 0 saturated carbocycles. The second-order valence-electron chi connectivity index (χ2n) is 4.07. The van der Waals surface area contributed by atoms with Crippen LogP contribution in [0.1, 0.15) is 2.74 Å². The third-order valence-electron chi connectivity index (χ3n) is 2.72. The summed E-state index contributed by atoms with van der Waals surface area (Å²) in [4.78, 5) is 23.5. The fraction of sp³-hybridized carbons (Fsp3) is 0. The Morgan fingerprint density at radius 3 is 2.00 bits per heavy atom. The molecule has 3 aromatic heterocycles. The lowest BCUT2D eigenvalue weighted by molar-refractivity contribution is -0.120. The first-order valence-corrected chi connectivity index (χ1v) is 6.14. The minimum atomic E-state index is 0.286. The van der Waals surface area contributed by atoms with E-state index >= 15 is 0 Å². The number of rotatable bonds is 4. The van der Waals surface area contributed by atoms with Gasteiger partial charge in [-0.25, -0.2) is 4.98 Å². The van der Waals surface area contributed by atoms with Crippen molar-refractivity contribution in [2.75, 3.05) is 0 Å². The average Bonchev–Trinajstić information content (AvgIpc) is 2.55. The summed E-state index contributed by atoms with van der Waals surface area (Å²) >= 11 is 0. The molecule has 102 valence electrons. The summed E-state index contributed by atoms with van der Waals surface area (Å²) < 4.78 is 20.3. The molecule has 0 aliphatic carbocycles. The number of aromatic nitrogens is 3. The summed E-state index contributed by atoms with van der Waals surface area (Å²) in [7, 11) is 0. The van der Waals surface area contributed by atoms with Gasteiger partial charge >= 0.3 is 0 Å². The molecule has 0 amide bonds. The molecule has 0 atom stereocenters. The first-order valence-electron chi connectivity index (χ1n) is 7.14. The fourth-order valence-corrected chi connectivity index (χ4v) is 1.82. The summed E-state index contributed by atoms with van der Waals surface area (Å²) in [6.45, 7) is 0.325. The van der Waals surface area contributed by atoms with E-state index in [1.54, 1.807) is 36.4 Å². The molecule has 3 heterocycles. The van der Waals surface area contributed by atoms with Gasteiger partial charge in [-0.3, -0.25) is 14.8 Å². The molecule has 21 heavy (non-hydrogen) atoms. The molecule has 0 aliphatic heterocycles. The van der Waals surface area contributed by atoms with Crippen LogP contribution in [0.25, 0.3) is 22.8 Å². The SMILES string of the molecule is [3H]c1ccnc(-c2cc(OC=O)cc(-c3cc([3H])ccn3)n2)c1. The van der Waals surface area contributed by atoms with Gasteiger partial charge in [-0.15, -0.1) is 0 Å². The smallest absolute Gasteiger partial charge is 0.298 e. The van der Waals surface area contributed by atoms with Crippen LogP contribution in [-0.4, -0.2) is 21.4 Å². The minimum Gasteiger partial charge on any atom is -0.429 e. The van der Waals surface area contributed by atoms with Gasteiger partial charge in [0.05, 0.1) is 25.5 Å². The largest absolute Gasteiger partial charge is 0.429 e. The van der Waals surface area contributed by atoms with Crippen molar-refractivity contribution < 1.29 is 12.3 Å². The van der Waals surface area contributed by atoms with Crippen LogP contribution < -0.4 is 4.74 Å². The quantitative estimate of drug-likeness (QED) is 0.688. The molecular weight excluding hydrogens is 266 g/mol. The molecular formula is C16H11N3O2. The molecule has 0 spiro atoms. The molecule has 0 radical (unpaired) electrons. The van der Waals surface area contributed by atoms with Gasteiger partial charge < -0.3 is 4.74 Å². The fourth-order valence-electron chi connectivity index (χ4n) is 1.82. The number of ether oxygens (including phenoxy) is 1. The van der Waals surface area contributed by atoms with E-state index in [0.717, 1.165) is 0 Å². The van der Waals surface area contributed by atoms with Gasteiger partial charge in [0.25, 0.3) is 6.47 Å². The van der Waals surface area contributed by atoms with Crippen molar-refractivity contribution in [2.45, 2.75) is 0 Å². The van der Waals surface area contributed by atoms with Crippen molar-refractivity contribution >= 4 is 6.47 Å². The zero-order valence-electron chi connectivity index (χ0n) is 12.9. The predicted molar refractivity (Wildman–Crippen MR) is 77.4 cm³/mol. The second-order valence-corrected chi connectivity index (χ2v) is 4.07. The summed E-state index contributed by atoms with van der Waals surface area (Å²) in [6, 6.07) is 9.95. The summed E-state index contributed by atoms with van der Waals surface area (Å²) in [5.74, 6) is 0.286. The maximum absolute atomic E-state index is 10.6. The van der Waals surface area contributed by atoms with Crippen LogP contribution in [0.5, 0.6) is 5.75 Å². The van der Waals surface area contributed by atoms with Gasteiger partial charge in [-0.05, 0) is 24.3 Å². The Labute approximate surface area is 124 Å².